The van der Waals surface area contributed by atoms with Gasteiger partial charge in [0.2, 0.25) is 5.91 Å². The molecule has 2 fully saturated rings. The van der Waals surface area contributed by atoms with Gasteiger partial charge in [-0.05, 0) is 0 Å². The lowest BCUT2D eigenvalue weighted by atomic mass is 9.89. The van der Waals surface area contributed by atoms with E-state index in [2.05, 4.69) is 25.7 Å². The third kappa shape index (κ3) is 5.42. The average molecular weight is 574 g/mol. The number of carbonyl (C=O) groups excluding carboxylic acids is 2. The van der Waals surface area contributed by atoms with Gasteiger partial charge in [0.05, 0.1) is 0 Å². The van der Waals surface area contributed by atoms with E-state index in [-0.39, 0.29) is 60.2 Å². The first kappa shape index (κ1) is 26.6. The van der Waals surface area contributed by atoms with E-state index in [0.717, 1.165) is 11.3 Å². The molecule has 4 heterocycles. The second-order valence-electron chi connectivity index (χ2n) is 7.79. The highest BCUT2D eigenvalue weighted by Crippen LogP contribution is 2.44. The molecule has 2 aromatic heterocycles. The molecule has 2 aliphatic rings. The van der Waals surface area contributed by atoms with Gasteiger partial charge < -0.3 is 37.4 Å². The molecule has 2 aliphatic heterocycles. The monoisotopic (exact) mass is 573 g/mol. The number of fused-ring (bicyclic) bond motifs is 1. The first-order valence-electron chi connectivity index (χ1n) is 10.5. The number of rotatable bonds is 11. The fourth-order valence-corrected chi connectivity index (χ4v) is 7.64. The van der Waals surface area contributed by atoms with Crippen molar-refractivity contribution in [1.29, 1.82) is 0 Å². The minimum absolute atomic E-state index is 0.0178. The summed E-state index contributed by atoms with van der Waals surface area (Å²) in [5.74, 6) is -1.58. The summed E-state index contributed by atoms with van der Waals surface area (Å²) >= 11 is 5.02. The predicted molar refractivity (Wildman–Crippen MR) is 137 cm³/mol. The van der Waals surface area contributed by atoms with Crippen molar-refractivity contribution in [3.05, 3.63) is 16.1 Å². The van der Waals surface area contributed by atoms with Crippen LogP contribution in [0.15, 0.2) is 14.9 Å². The van der Waals surface area contributed by atoms with Crippen LogP contribution in [0.25, 0.3) is 0 Å². The molecule has 2 amide bonds. The minimum atomic E-state index is -1.17. The van der Waals surface area contributed by atoms with Gasteiger partial charge in [0.25, 0.3) is 5.91 Å². The second kappa shape index (κ2) is 11.3. The van der Waals surface area contributed by atoms with Gasteiger partial charge >= 0.3 is 5.97 Å². The Hall–Kier alpha value is -2.51. The lowest BCUT2D eigenvalue weighted by molar-refractivity contribution is -0.157. The molecule has 2 unspecified atom stereocenters. The van der Waals surface area contributed by atoms with Crippen LogP contribution in [0, 0.1) is 5.41 Å². The molecular formula is C18H23N9O5S4. The van der Waals surface area contributed by atoms with Crippen LogP contribution in [0.5, 0.6) is 0 Å². The first-order valence-corrected chi connectivity index (χ1v) is 14.2. The van der Waals surface area contributed by atoms with Gasteiger partial charge in [0.15, 0.2) is 15.2 Å². The molecule has 2 saturated heterocycles. The van der Waals surface area contributed by atoms with E-state index in [1.807, 2.05) is 0 Å². The SMILES string of the molecule is NCCON=C(C(=O)NC1C(=O)N2CC(CSc3nnc(CN)s3)(C(=O)O)CS[C@H]12)c1csc(N)n1. The zero-order valence-corrected chi connectivity index (χ0v) is 21.9. The van der Waals surface area contributed by atoms with Gasteiger partial charge in [0, 0.05) is 36.5 Å². The molecule has 2 aromatic rings. The molecule has 14 nitrogen and oxygen atoms in total. The Morgan fingerprint density at radius 3 is 2.83 bits per heavy atom. The number of nitrogen functional groups attached to an aromatic ring is 1. The van der Waals surface area contributed by atoms with E-state index in [1.54, 1.807) is 5.38 Å². The zero-order valence-electron chi connectivity index (χ0n) is 18.7. The van der Waals surface area contributed by atoms with Crippen molar-refractivity contribution in [3.63, 3.8) is 0 Å². The lowest BCUT2D eigenvalue weighted by Crippen LogP contribution is -2.74. The lowest BCUT2D eigenvalue weighted by Gasteiger charge is -2.53. The number of carboxylic acids is 1. The number of hydrogen-bond acceptors (Lipinski definition) is 15. The Bertz CT molecular complexity index is 1170. The quantitative estimate of drug-likeness (QED) is 0.0714. The fraction of sp³-hybridized carbons (Fsp3) is 0.500. The zero-order chi connectivity index (χ0) is 25.9. The van der Waals surface area contributed by atoms with Crippen molar-refractivity contribution in [2.45, 2.75) is 22.3 Å². The van der Waals surface area contributed by atoms with Gasteiger partial charge in [-0.15, -0.1) is 33.3 Å². The number of carbonyl (C=O) groups is 3. The molecule has 0 spiro atoms. The Morgan fingerprint density at radius 2 is 2.19 bits per heavy atom. The van der Waals surface area contributed by atoms with E-state index in [1.165, 1.54) is 39.8 Å². The molecule has 0 aliphatic carbocycles. The molecule has 8 N–H and O–H groups in total. The highest BCUT2D eigenvalue weighted by atomic mass is 32.2. The number of oxime groups is 1. The molecular weight excluding hydrogens is 551 g/mol. The summed E-state index contributed by atoms with van der Waals surface area (Å²) in [7, 11) is 0. The van der Waals surface area contributed by atoms with Crippen LogP contribution < -0.4 is 22.5 Å². The Morgan fingerprint density at radius 1 is 1.39 bits per heavy atom. The molecule has 4 rings (SSSR count). The van der Waals surface area contributed by atoms with Gasteiger partial charge in [-0.2, -0.15) is 0 Å². The van der Waals surface area contributed by atoms with Crippen molar-refractivity contribution in [2.75, 3.05) is 36.9 Å². The van der Waals surface area contributed by atoms with Gasteiger partial charge in [-0.1, -0.05) is 28.3 Å². The number of carboxylic acid groups (broad SMARTS) is 1. The summed E-state index contributed by atoms with van der Waals surface area (Å²) in [6.45, 7) is 0.564. The number of amides is 2. The van der Waals surface area contributed by atoms with E-state index < -0.39 is 28.7 Å². The van der Waals surface area contributed by atoms with Gasteiger partial charge in [-0.3, -0.25) is 14.4 Å². The van der Waals surface area contributed by atoms with E-state index in [4.69, 9.17) is 22.0 Å². The number of anilines is 1. The minimum Gasteiger partial charge on any atom is -0.481 e. The smallest absolute Gasteiger partial charge is 0.313 e. The first-order chi connectivity index (χ1) is 17.3. The van der Waals surface area contributed by atoms with Crippen molar-refractivity contribution in [1.82, 2.24) is 25.4 Å². The number of thioether (sulfide) groups is 2. The van der Waals surface area contributed by atoms with E-state index in [9.17, 15) is 19.5 Å². The van der Waals surface area contributed by atoms with Crippen LogP contribution in [-0.2, 0) is 25.8 Å². The Labute approximate surface area is 221 Å². The van der Waals surface area contributed by atoms with Crippen LogP contribution in [0.2, 0.25) is 0 Å². The predicted octanol–water partition coefficient (Wildman–Crippen LogP) is -1.02. The van der Waals surface area contributed by atoms with Crippen molar-refractivity contribution in [3.8, 4) is 0 Å². The summed E-state index contributed by atoms with van der Waals surface area (Å²) in [4.78, 5) is 48.7. The molecule has 0 bridgehead atoms. The van der Waals surface area contributed by atoms with E-state index >= 15 is 0 Å². The Balaban J connectivity index is 1.41. The summed E-state index contributed by atoms with van der Waals surface area (Å²) in [6, 6.07) is -0.840. The van der Waals surface area contributed by atoms with Gasteiger partial charge in [0.1, 0.15) is 34.1 Å². The van der Waals surface area contributed by atoms with Crippen LogP contribution in [-0.4, -0.2) is 91.3 Å². The second-order valence-corrected chi connectivity index (χ2v) is 12.1. The third-order valence-corrected chi connectivity index (χ3v) is 9.96. The molecule has 36 heavy (non-hydrogen) atoms. The normalized spacial score (nSPS) is 23.7. The highest BCUT2D eigenvalue weighted by molar-refractivity contribution is 8.01. The number of nitrogens with zero attached hydrogens (tertiary/aromatic N) is 5. The topological polar surface area (TPSA) is 225 Å². The summed E-state index contributed by atoms with van der Waals surface area (Å²) < 4.78 is 0.620. The molecule has 0 radical (unpaired) electrons. The van der Waals surface area contributed by atoms with Crippen LogP contribution >= 0.6 is 46.2 Å². The number of nitrogens with one attached hydrogen (secondary N) is 1. The largest absolute Gasteiger partial charge is 0.481 e. The molecule has 18 heteroatoms. The third-order valence-electron chi connectivity index (χ3n) is 5.32. The van der Waals surface area contributed by atoms with E-state index in [0.29, 0.717) is 9.35 Å². The molecule has 0 saturated carbocycles. The number of β-lactam (4-membered cyclic amide) rings is 1. The number of hydrogen-bond donors (Lipinski definition) is 5. The summed E-state index contributed by atoms with van der Waals surface area (Å²) in [5.41, 5.74) is 15.5. The van der Waals surface area contributed by atoms with Gasteiger partial charge in [-0.25, -0.2) is 4.98 Å². The molecule has 194 valence electrons. The number of thiazole rings is 1. The summed E-state index contributed by atoms with van der Waals surface area (Å²) in [6.07, 6.45) is 0. The van der Waals surface area contributed by atoms with Crippen molar-refractivity contribution >= 4 is 74.8 Å². The molecule has 0 aromatic carbocycles. The van der Waals surface area contributed by atoms with Crippen LogP contribution in [0.4, 0.5) is 5.13 Å². The number of aromatic nitrogens is 3. The maximum atomic E-state index is 13.0. The van der Waals surface area contributed by atoms with Crippen LogP contribution in [0.1, 0.15) is 10.7 Å². The summed E-state index contributed by atoms with van der Waals surface area (Å²) in [5, 5.41) is 26.5. The maximum Gasteiger partial charge on any atom is 0.313 e. The highest BCUT2D eigenvalue weighted by Gasteiger charge is 2.57. The fourth-order valence-electron chi connectivity index (χ4n) is 3.46. The Kier molecular flexibility index (Phi) is 8.30. The number of nitrogens with two attached hydrogens (primary N) is 3. The van der Waals surface area contributed by atoms with Crippen molar-refractivity contribution < 1.29 is 24.3 Å². The standard InChI is InChI=1S/C18H23N9O5S4/c19-1-2-32-26-10(8-4-33-16(21)22-8)12(28)23-11-13(29)27-5-18(15(30)31,6-34-14(11)27)7-35-17-25-24-9(3-20)36-17/h4,11,14H,1-3,5-7,19-20H2,(H2,21,22)(H,23,28)(H,30,31)/t11?,14-,18?/m1/s1. The molecule has 3 atom stereocenters. The maximum absolute atomic E-state index is 13.0. The number of aliphatic carboxylic acids is 1. The van der Waals surface area contributed by atoms with Crippen molar-refractivity contribution in [2.24, 2.45) is 22.0 Å². The van der Waals surface area contributed by atoms with Crippen LogP contribution in [0.3, 0.4) is 0 Å². The average Bonchev–Trinajstić information content (AvgIpc) is 3.52.